The van der Waals surface area contributed by atoms with Crippen molar-refractivity contribution in [2.24, 2.45) is 0 Å². The second-order valence-corrected chi connectivity index (χ2v) is 6.59. The molecule has 2 aromatic rings. The van der Waals surface area contributed by atoms with Gasteiger partial charge in [0.25, 0.3) is 0 Å². The fraction of sp³-hybridized carbons (Fsp3) is 0.231. The molecule has 0 saturated heterocycles. The highest BCUT2D eigenvalue weighted by molar-refractivity contribution is 9.09. The van der Waals surface area contributed by atoms with Crippen LogP contribution in [0, 0.1) is 0 Å². The van der Waals surface area contributed by atoms with Crippen LogP contribution < -0.4 is 0 Å². The molecule has 4 heteroatoms. The van der Waals surface area contributed by atoms with Gasteiger partial charge in [0, 0.05) is 25.4 Å². The highest BCUT2D eigenvalue weighted by Crippen LogP contribution is 2.41. The number of benzene rings is 1. The van der Waals surface area contributed by atoms with Crippen molar-refractivity contribution in [2.75, 3.05) is 0 Å². The summed E-state index contributed by atoms with van der Waals surface area (Å²) in [6.07, 6.45) is 1.06. The third kappa shape index (κ3) is 2.87. The third-order valence-corrected chi connectivity index (χ3v) is 5.74. The van der Waals surface area contributed by atoms with Gasteiger partial charge in [0.2, 0.25) is 0 Å². The third-order valence-electron chi connectivity index (χ3n) is 2.53. The molecular formula is C13H11BrCl2S. The minimum atomic E-state index is 0.0639. The molecule has 0 aliphatic carbocycles. The fourth-order valence-corrected chi connectivity index (χ4v) is 4.36. The summed E-state index contributed by atoms with van der Waals surface area (Å²) in [7, 11) is 0. The van der Waals surface area contributed by atoms with Crippen molar-refractivity contribution in [1.29, 1.82) is 0 Å². The van der Waals surface area contributed by atoms with Gasteiger partial charge < -0.3 is 0 Å². The molecule has 1 aromatic heterocycles. The zero-order valence-corrected chi connectivity index (χ0v) is 13.1. The van der Waals surface area contributed by atoms with Crippen molar-refractivity contribution in [3.8, 4) is 0 Å². The molecule has 0 N–H and O–H groups in total. The van der Waals surface area contributed by atoms with Crippen LogP contribution in [0.25, 0.3) is 0 Å². The van der Waals surface area contributed by atoms with E-state index in [-0.39, 0.29) is 4.83 Å². The molecule has 0 aliphatic heterocycles. The number of alkyl halides is 1. The molecule has 0 nitrogen and oxygen atoms in total. The van der Waals surface area contributed by atoms with Gasteiger partial charge in [-0.1, -0.05) is 52.1 Å². The van der Waals surface area contributed by atoms with E-state index in [4.69, 9.17) is 23.2 Å². The molecule has 0 radical (unpaired) electrons. The minimum Gasteiger partial charge on any atom is -0.144 e. The molecule has 0 saturated carbocycles. The highest BCUT2D eigenvalue weighted by Gasteiger charge is 2.18. The van der Waals surface area contributed by atoms with E-state index in [9.17, 15) is 0 Å². The van der Waals surface area contributed by atoms with Crippen molar-refractivity contribution >= 4 is 50.5 Å². The summed E-state index contributed by atoms with van der Waals surface area (Å²) in [6.45, 7) is 2.15. The largest absolute Gasteiger partial charge is 0.144 e. The first kappa shape index (κ1) is 13.4. The van der Waals surface area contributed by atoms with Gasteiger partial charge >= 0.3 is 0 Å². The predicted molar refractivity (Wildman–Crippen MR) is 80.9 cm³/mol. The van der Waals surface area contributed by atoms with Gasteiger partial charge in [-0.25, -0.2) is 0 Å². The Kier molecular flexibility index (Phi) is 4.53. The van der Waals surface area contributed by atoms with E-state index in [1.807, 2.05) is 18.2 Å². The van der Waals surface area contributed by atoms with Crippen molar-refractivity contribution in [1.82, 2.24) is 0 Å². The summed E-state index contributed by atoms with van der Waals surface area (Å²) in [5, 5.41) is 1.40. The fourth-order valence-electron chi connectivity index (χ4n) is 1.62. The first-order valence-corrected chi connectivity index (χ1v) is 7.79. The molecule has 1 atom stereocenters. The highest BCUT2D eigenvalue weighted by atomic mass is 79.9. The van der Waals surface area contributed by atoms with E-state index in [1.165, 1.54) is 9.75 Å². The number of thiophene rings is 1. The van der Waals surface area contributed by atoms with Crippen LogP contribution in [0.15, 0.2) is 30.3 Å². The van der Waals surface area contributed by atoms with Gasteiger partial charge in [-0.3, -0.25) is 0 Å². The van der Waals surface area contributed by atoms with E-state index in [0.717, 1.165) is 12.0 Å². The van der Waals surface area contributed by atoms with Crippen LogP contribution in [-0.2, 0) is 6.42 Å². The summed E-state index contributed by atoms with van der Waals surface area (Å²) in [6, 6.07) is 9.87. The van der Waals surface area contributed by atoms with Crippen molar-refractivity contribution < 1.29 is 0 Å². The molecule has 0 amide bonds. The van der Waals surface area contributed by atoms with Gasteiger partial charge in [0.15, 0.2) is 0 Å². The number of halogens is 3. The Morgan fingerprint density at radius 2 is 1.82 bits per heavy atom. The average molecular weight is 350 g/mol. The Hall–Kier alpha value is -0.0200. The Bertz CT molecular complexity index is 502. The lowest BCUT2D eigenvalue weighted by molar-refractivity contribution is 1.19. The topological polar surface area (TPSA) is 0 Å². The monoisotopic (exact) mass is 348 g/mol. The zero-order valence-electron chi connectivity index (χ0n) is 9.21. The lowest BCUT2D eigenvalue weighted by Gasteiger charge is -2.12. The first-order valence-electron chi connectivity index (χ1n) is 5.30. The van der Waals surface area contributed by atoms with Crippen LogP contribution >= 0.6 is 50.5 Å². The van der Waals surface area contributed by atoms with Crippen LogP contribution in [0.3, 0.4) is 0 Å². The maximum atomic E-state index is 6.21. The van der Waals surface area contributed by atoms with Gasteiger partial charge in [0.05, 0.1) is 4.83 Å². The molecule has 1 aromatic carbocycles. The average Bonchev–Trinajstić information content (AvgIpc) is 2.77. The van der Waals surface area contributed by atoms with Crippen LogP contribution in [0.5, 0.6) is 0 Å². The molecule has 90 valence electrons. The Morgan fingerprint density at radius 1 is 1.18 bits per heavy atom. The smallest absolute Gasteiger partial charge is 0.0767 e. The first-order chi connectivity index (χ1) is 8.13. The van der Waals surface area contributed by atoms with E-state index in [1.54, 1.807) is 11.3 Å². The lowest BCUT2D eigenvalue weighted by Crippen LogP contribution is -1.92. The minimum absolute atomic E-state index is 0.0639. The summed E-state index contributed by atoms with van der Waals surface area (Å²) >= 11 is 17.9. The second kappa shape index (κ2) is 5.75. The summed E-state index contributed by atoms with van der Waals surface area (Å²) in [5.41, 5.74) is 0.945. The van der Waals surface area contributed by atoms with Crippen LogP contribution in [0.4, 0.5) is 0 Å². The van der Waals surface area contributed by atoms with Crippen LogP contribution in [0.1, 0.15) is 27.1 Å². The van der Waals surface area contributed by atoms with Gasteiger partial charge in [0.1, 0.15) is 0 Å². The molecular weight excluding hydrogens is 339 g/mol. The molecule has 17 heavy (non-hydrogen) atoms. The van der Waals surface area contributed by atoms with Crippen LogP contribution in [-0.4, -0.2) is 0 Å². The molecule has 2 rings (SSSR count). The number of hydrogen-bond donors (Lipinski definition) is 0. The maximum absolute atomic E-state index is 6.21. The van der Waals surface area contributed by atoms with Crippen molar-refractivity contribution in [3.05, 3.63) is 55.7 Å². The number of aryl methyl sites for hydroxylation is 1. The summed E-state index contributed by atoms with van der Waals surface area (Å²) in [4.78, 5) is 2.67. The van der Waals surface area contributed by atoms with Crippen LogP contribution in [0.2, 0.25) is 10.0 Å². The molecule has 0 spiro atoms. The van der Waals surface area contributed by atoms with E-state index >= 15 is 0 Å². The zero-order chi connectivity index (χ0) is 12.4. The van der Waals surface area contributed by atoms with E-state index < -0.39 is 0 Å². The van der Waals surface area contributed by atoms with Gasteiger partial charge in [-0.15, -0.1) is 11.3 Å². The Labute approximate surface area is 124 Å². The van der Waals surface area contributed by atoms with Gasteiger partial charge in [-0.05, 0) is 30.7 Å². The van der Waals surface area contributed by atoms with Crippen molar-refractivity contribution in [2.45, 2.75) is 18.2 Å². The molecule has 0 fully saturated rings. The maximum Gasteiger partial charge on any atom is 0.0767 e. The van der Waals surface area contributed by atoms with Crippen molar-refractivity contribution in [3.63, 3.8) is 0 Å². The van der Waals surface area contributed by atoms with Gasteiger partial charge in [-0.2, -0.15) is 0 Å². The molecule has 1 heterocycles. The lowest BCUT2D eigenvalue weighted by atomic mass is 10.1. The Morgan fingerprint density at radius 3 is 2.35 bits per heavy atom. The Balaban J connectivity index is 2.39. The SMILES string of the molecule is CCc1ccc(C(Br)c2c(Cl)cccc2Cl)s1. The standard InChI is InChI=1S/C13H11BrCl2S/c1-2-8-6-7-11(17-8)13(14)12-9(15)4-3-5-10(12)16/h3-7,13H,2H2,1H3. The predicted octanol–water partition coefficient (Wildman–Crippen LogP) is 6.10. The number of rotatable bonds is 3. The summed E-state index contributed by atoms with van der Waals surface area (Å²) < 4.78 is 0. The molecule has 0 bridgehead atoms. The molecule has 0 aliphatic rings. The number of hydrogen-bond acceptors (Lipinski definition) is 1. The summed E-state index contributed by atoms with van der Waals surface area (Å²) in [5.74, 6) is 0. The van der Waals surface area contributed by atoms with E-state index in [0.29, 0.717) is 10.0 Å². The second-order valence-electron chi connectivity index (χ2n) is 3.66. The van der Waals surface area contributed by atoms with E-state index in [2.05, 4.69) is 35.0 Å². The normalized spacial score (nSPS) is 12.7. The molecule has 1 unspecified atom stereocenters. The quantitative estimate of drug-likeness (QED) is 0.587.